The van der Waals surface area contributed by atoms with Gasteiger partial charge in [-0.05, 0) is 47.7 Å². The normalized spacial score (nSPS) is 15.5. The van der Waals surface area contributed by atoms with E-state index in [0.717, 1.165) is 29.5 Å². The van der Waals surface area contributed by atoms with Crippen LogP contribution in [0.3, 0.4) is 0 Å². The maximum Gasteiger partial charge on any atom is 0.218 e. The van der Waals surface area contributed by atoms with Gasteiger partial charge in [-0.2, -0.15) is 15.6 Å². The number of rotatable bonds is 6. The van der Waals surface area contributed by atoms with Gasteiger partial charge in [0.15, 0.2) is 0 Å². The van der Waals surface area contributed by atoms with Crippen molar-refractivity contribution in [1.82, 2.24) is 4.31 Å². The summed E-state index contributed by atoms with van der Waals surface area (Å²) in [5.74, 6) is 0.0926. The number of nitrogens with zero attached hydrogens (tertiary/aromatic N) is 1. The molecule has 0 radical (unpaired) electrons. The van der Waals surface area contributed by atoms with Crippen LogP contribution in [-0.4, -0.2) is 18.8 Å². The molecule has 0 bridgehead atoms. The lowest BCUT2D eigenvalue weighted by Crippen LogP contribution is -2.33. The Hall–Kier alpha value is -1.17. The Morgan fingerprint density at radius 2 is 2.05 bits per heavy atom. The Bertz CT molecular complexity index is 704. The van der Waals surface area contributed by atoms with E-state index in [1.165, 1.54) is 0 Å². The number of hydrogen-bond donors (Lipinski definition) is 0. The summed E-state index contributed by atoms with van der Waals surface area (Å²) in [5, 5.41) is 4.02. The Morgan fingerprint density at radius 3 is 2.67 bits per heavy atom. The number of sulfonamides is 1. The highest BCUT2D eigenvalue weighted by atomic mass is 32.2. The highest BCUT2D eigenvalue weighted by molar-refractivity contribution is 7.88. The third-order valence-corrected chi connectivity index (χ3v) is 6.23. The molecule has 1 saturated carbocycles. The zero-order chi connectivity index (χ0) is 14.9. The molecule has 5 heteroatoms. The van der Waals surface area contributed by atoms with Gasteiger partial charge in [-0.1, -0.05) is 29.8 Å². The van der Waals surface area contributed by atoms with Crippen LogP contribution >= 0.6 is 11.3 Å². The molecule has 0 aliphatic heterocycles. The third kappa shape index (κ3) is 3.73. The second-order valence-corrected chi connectivity index (χ2v) is 8.35. The van der Waals surface area contributed by atoms with Gasteiger partial charge in [-0.25, -0.2) is 8.42 Å². The molecule has 0 atom stereocenters. The summed E-state index contributed by atoms with van der Waals surface area (Å²) >= 11 is 1.61. The fraction of sp³-hybridized carbons (Fsp3) is 0.375. The van der Waals surface area contributed by atoms with Crippen molar-refractivity contribution in [3.8, 4) is 0 Å². The van der Waals surface area contributed by atoms with E-state index >= 15 is 0 Å². The molecule has 3 nitrogen and oxygen atoms in total. The van der Waals surface area contributed by atoms with Crippen LogP contribution in [0, 0.1) is 6.92 Å². The zero-order valence-electron chi connectivity index (χ0n) is 12.0. The molecular formula is C16H19NO2S2. The first-order valence-electron chi connectivity index (χ1n) is 7.11. The molecule has 0 amide bonds. The van der Waals surface area contributed by atoms with Gasteiger partial charge in [-0.15, -0.1) is 0 Å². The molecule has 112 valence electrons. The van der Waals surface area contributed by atoms with Crippen molar-refractivity contribution in [2.45, 2.75) is 38.1 Å². The van der Waals surface area contributed by atoms with E-state index in [4.69, 9.17) is 0 Å². The predicted molar refractivity (Wildman–Crippen MR) is 86.7 cm³/mol. The minimum Gasteiger partial charge on any atom is -0.212 e. The van der Waals surface area contributed by atoms with Crippen molar-refractivity contribution in [3.63, 3.8) is 0 Å². The van der Waals surface area contributed by atoms with Gasteiger partial charge in [0.2, 0.25) is 10.0 Å². The van der Waals surface area contributed by atoms with Gasteiger partial charge in [0.05, 0.1) is 5.75 Å². The molecule has 3 rings (SSSR count). The number of hydrogen-bond acceptors (Lipinski definition) is 3. The first kappa shape index (κ1) is 14.8. The van der Waals surface area contributed by atoms with Crippen LogP contribution in [0.15, 0.2) is 41.1 Å². The van der Waals surface area contributed by atoms with Crippen LogP contribution in [0.25, 0.3) is 0 Å². The quantitative estimate of drug-likeness (QED) is 0.816. The van der Waals surface area contributed by atoms with E-state index in [0.29, 0.717) is 6.54 Å². The molecule has 0 unspecified atom stereocenters. The highest BCUT2D eigenvalue weighted by Crippen LogP contribution is 2.32. The first-order valence-corrected chi connectivity index (χ1v) is 9.66. The summed E-state index contributed by atoms with van der Waals surface area (Å²) in [4.78, 5) is 0. The summed E-state index contributed by atoms with van der Waals surface area (Å²) < 4.78 is 27.2. The summed E-state index contributed by atoms with van der Waals surface area (Å²) in [5.41, 5.74) is 3.05. The number of benzene rings is 1. The van der Waals surface area contributed by atoms with E-state index in [2.05, 4.69) is 0 Å². The summed E-state index contributed by atoms with van der Waals surface area (Å²) in [6.45, 7) is 2.49. The van der Waals surface area contributed by atoms with Crippen molar-refractivity contribution in [2.75, 3.05) is 0 Å². The van der Waals surface area contributed by atoms with Crippen molar-refractivity contribution < 1.29 is 8.42 Å². The van der Waals surface area contributed by atoms with E-state index in [1.807, 2.05) is 48.0 Å². The SMILES string of the molecule is Cc1cccc(CS(=O)(=O)N(Cc2ccsc2)C2CC2)c1. The summed E-state index contributed by atoms with van der Waals surface area (Å²) in [7, 11) is -3.27. The molecule has 21 heavy (non-hydrogen) atoms. The molecule has 1 aromatic heterocycles. The fourth-order valence-electron chi connectivity index (χ4n) is 2.48. The second kappa shape index (κ2) is 5.91. The van der Waals surface area contributed by atoms with Crippen LogP contribution in [0.4, 0.5) is 0 Å². The Morgan fingerprint density at radius 1 is 1.24 bits per heavy atom. The smallest absolute Gasteiger partial charge is 0.212 e. The van der Waals surface area contributed by atoms with Crippen LogP contribution in [-0.2, 0) is 22.3 Å². The van der Waals surface area contributed by atoms with Gasteiger partial charge >= 0.3 is 0 Å². The van der Waals surface area contributed by atoms with Crippen LogP contribution in [0.5, 0.6) is 0 Å². The van der Waals surface area contributed by atoms with Gasteiger partial charge in [0.1, 0.15) is 0 Å². The predicted octanol–water partition coefficient (Wildman–Crippen LogP) is 3.55. The highest BCUT2D eigenvalue weighted by Gasteiger charge is 2.37. The lowest BCUT2D eigenvalue weighted by molar-refractivity contribution is 0.398. The standard InChI is InChI=1S/C16H19NO2S2/c1-13-3-2-4-14(9-13)12-21(18,19)17(16-5-6-16)10-15-7-8-20-11-15/h2-4,7-9,11,16H,5-6,10,12H2,1H3. The van der Waals surface area contributed by atoms with Crippen LogP contribution in [0.2, 0.25) is 0 Å². The molecule has 1 aliphatic carbocycles. The topological polar surface area (TPSA) is 37.4 Å². The zero-order valence-corrected chi connectivity index (χ0v) is 13.7. The average molecular weight is 321 g/mol. The van der Waals surface area contributed by atoms with Crippen LogP contribution in [0.1, 0.15) is 29.5 Å². The molecule has 2 aromatic rings. The first-order chi connectivity index (χ1) is 10.0. The maximum absolute atomic E-state index is 12.7. The van der Waals surface area contributed by atoms with E-state index in [1.54, 1.807) is 15.6 Å². The fourth-order valence-corrected chi connectivity index (χ4v) is 4.91. The molecular weight excluding hydrogens is 302 g/mol. The van der Waals surface area contributed by atoms with Crippen molar-refractivity contribution >= 4 is 21.4 Å². The monoisotopic (exact) mass is 321 g/mol. The van der Waals surface area contributed by atoms with E-state index in [9.17, 15) is 8.42 Å². The lowest BCUT2D eigenvalue weighted by atomic mass is 10.2. The molecule has 0 saturated heterocycles. The summed E-state index contributed by atoms with van der Waals surface area (Å²) in [6.07, 6.45) is 1.97. The average Bonchev–Trinajstić information content (AvgIpc) is 3.11. The molecule has 1 aromatic carbocycles. The van der Waals surface area contributed by atoms with Gasteiger partial charge in [0, 0.05) is 12.6 Å². The molecule has 1 fully saturated rings. The van der Waals surface area contributed by atoms with Crippen LogP contribution < -0.4 is 0 Å². The number of aryl methyl sites for hydroxylation is 1. The Kier molecular flexibility index (Phi) is 4.15. The Balaban J connectivity index is 1.80. The molecule has 0 N–H and O–H groups in total. The van der Waals surface area contributed by atoms with E-state index in [-0.39, 0.29) is 11.8 Å². The van der Waals surface area contributed by atoms with E-state index < -0.39 is 10.0 Å². The minimum atomic E-state index is -3.27. The largest absolute Gasteiger partial charge is 0.218 e. The van der Waals surface area contributed by atoms with Gasteiger partial charge in [-0.3, -0.25) is 0 Å². The van der Waals surface area contributed by atoms with Gasteiger partial charge < -0.3 is 0 Å². The van der Waals surface area contributed by atoms with Crippen molar-refractivity contribution in [2.24, 2.45) is 0 Å². The molecule has 1 aliphatic rings. The maximum atomic E-state index is 12.7. The molecule has 1 heterocycles. The van der Waals surface area contributed by atoms with Gasteiger partial charge in [0.25, 0.3) is 0 Å². The summed E-state index contributed by atoms with van der Waals surface area (Å²) in [6, 6.07) is 9.94. The minimum absolute atomic E-state index is 0.0926. The third-order valence-electron chi connectivity index (χ3n) is 3.66. The van der Waals surface area contributed by atoms with Crippen molar-refractivity contribution in [1.29, 1.82) is 0 Å². The number of thiophene rings is 1. The lowest BCUT2D eigenvalue weighted by Gasteiger charge is -2.21. The second-order valence-electron chi connectivity index (χ2n) is 5.65. The molecule has 0 spiro atoms. The Labute approximate surface area is 130 Å². The van der Waals surface area contributed by atoms with Crippen molar-refractivity contribution in [3.05, 3.63) is 57.8 Å².